The lowest BCUT2D eigenvalue weighted by atomic mass is 10.1. The first-order chi connectivity index (χ1) is 10.3. The lowest BCUT2D eigenvalue weighted by Crippen LogP contribution is -2.12. The Kier molecular flexibility index (Phi) is 5.51. The van der Waals surface area contributed by atoms with Gasteiger partial charge in [-0.05, 0) is 30.5 Å². The summed E-state index contributed by atoms with van der Waals surface area (Å²) in [6.45, 7) is 4.26. The normalized spacial score (nSPS) is 10.4. The smallest absolute Gasteiger partial charge is 0.227 e. The highest BCUT2D eigenvalue weighted by Gasteiger charge is 2.12. The standard InChI is InChI=1S/C16H22N4O/c1-3-5-12-7-9-13(10-8-12)21-16-14(6-4-2)15(20-17)18-11-19-16/h7-11H,3-6,17H2,1-2H3,(H,18,19,20). The number of aromatic nitrogens is 2. The molecule has 0 unspecified atom stereocenters. The van der Waals surface area contributed by atoms with Crippen LogP contribution in [0.25, 0.3) is 0 Å². The molecular weight excluding hydrogens is 264 g/mol. The Hall–Kier alpha value is -2.14. The van der Waals surface area contributed by atoms with Crippen LogP contribution in [-0.4, -0.2) is 9.97 Å². The maximum absolute atomic E-state index is 5.89. The zero-order valence-electron chi connectivity index (χ0n) is 12.6. The predicted octanol–water partition coefficient (Wildman–Crippen LogP) is 3.46. The van der Waals surface area contributed by atoms with Crippen LogP contribution in [0.2, 0.25) is 0 Å². The van der Waals surface area contributed by atoms with Crippen molar-refractivity contribution in [3.63, 3.8) is 0 Å². The monoisotopic (exact) mass is 286 g/mol. The fourth-order valence-corrected chi connectivity index (χ4v) is 2.21. The van der Waals surface area contributed by atoms with Crippen molar-refractivity contribution < 1.29 is 4.74 Å². The van der Waals surface area contributed by atoms with Gasteiger partial charge in [-0.25, -0.2) is 15.8 Å². The van der Waals surface area contributed by atoms with Crippen LogP contribution >= 0.6 is 0 Å². The van der Waals surface area contributed by atoms with Crippen LogP contribution in [0.15, 0.2) is 30.6 Å². The molecule has 0 spiro atoms. The molecule has 0 amide bonds. The van der Waals surface area contributed by atoms with Gasteiger partial charge in [-0.2, -0.15) is 0 Å². The van der Waals surface area contributed by atoms with Crippen molar-refractivity contribution in [2.24, 2.45) is 5.84 Å². The van der Waals surface area contributed by atoms with Gasteiger partial charge in [-0.15, -0.1) is 0 Å². The van der Waals surface area contributed by atoms with E-state index in [9.17, 15) is 0 Å². The van der Waals surface area contributed by atoms with Crippen molar-refractivity contribution in [2.45, 2.75) is 39.5 Å². The number of nitrogens with two attached hydrogens (primary N) is 1. The summed E-state index contributed by atoms with van der Waals surface area (Å²) in [6.07, 6.45) is 5.45. The number of anilines is 1. The van der Waals surface area contributed by atoms with Crippen molar-refractivity contribution >= 4 is 5.82 Å². The van der Waals surface area contributed by atoms with Gasteiger partial charge in [0.05, 0.1) is 5.56 Å². The van der Waals surface area contributed by atoms with E-state index in [1.54, 1.807) is 0 Å². The average Bonchev–Trinajstić information content (AvgIpc) is 2.51. The van der Waals surface area contributed by atoms with Gasteiger partial charge in [0, 0.05) is 0 Å². The number of nitrogen functional groups attached to an aromatic ring is 1. The number of hydrogen-bond acceptors (Lipinski definition) is 5. The van der Waals surface area contributed by atoms with E-state index in [0.717, 1.165) is 37.0 Å². The third kappa shape index (κ3) is 3.92. The molecule has 1 heterocycles. The van der Waals surface area contributed by atoms with E-state index in [-0.39, 0.29) is 0 Å². The largest absolute Gasteiger partial charge is 0.439 e. The first kappa shape index (κ1) is 15.3. The summed E-state index contributed by atoms with van der Waals surface area (Å²) in [4.78, 5) is 8.36. The first-order valence-electron chi connectivity index (χ1n) is 7.35. The quantitative estimate of drug-likeness (QED) is 0.602. The van der Waals surface area contributed by atoms with Crippen LogP contribution < -0.4 is 16.0 Å². The second kappa shape index (κ2) is 7.59. The van der Waals surface area contributed by atoms with Crippen LogP contribution in [0.1, 0.15) is 37.8 Å². The molecule has 2 aromatic rings. The van der Waals surface area contributed by atoms with Crippen molar-refractivity contribution in [1.29, 1.82) is 0 Å². The molecular formula is C16H22N4O. The number of nitrogens with one attached hydrogen (secondary N) is 1. The van der Waals surface area contributed by atoms with Gasteiger partial charge < -0.3 is 10.2 Å². The highest BCUT2D eigenvalue weighted by atomic mass is 16.5. The van der Waals surface area contributed by atoms with E-state index in [1.165, 1.54) is 11.9 Å². The molecule has 0 radical (unpaired) electrons. The van der Waals surface area contributed by atoms with Gasteiger partial charge in [0.25, 0.3) is 0 Å². The van der Waals surface area contributed by atoms with Crippen LogP contribution in [0, 0.1) is 0 Å². The fraction of sp³-hybridized carbons (Fsp3) is 0.375. The van der Waals surface area contributed by atoms with Crippen LogP contribution in [0.5, 0.6) is 11.6 Å². The Labute approximate surface area is 125 Å². The number of nitrogens with zero attached hydrogens (tertiary/aromatic N) is 2. The SMILES string of the molecule is CCCc1ccc(Oc2ncnc(NN)c2CCC)cc1. The minimum Gasteiger partial charge on any atom is -0.439 e. The second-order valence-corrected chi connectivity index (χ2v) is 4.90. The highest BCUT2D eigenvalue weighted by molar-refractivity contribution is 5.49. The van der Waals surface area contributed by atoms with E-state index < -0.39 is 0 Å². The third-order valence-corrected chi connectivity index (χ3v) is 3.22. The van der Waals surface area contributed by atoms with E-state index in [0.29, 0.717) is 11.7 Å². The zero-order chi connectivity index (χ0) is 15.1. The van der Waals surface area contributed by atoms with E-state index in [1.807, 2.05) is 12.1 Å². The molecule has 5 nitrogen and oxygen atoms in total. The number of benzene rings is 1. The topological polar surface area (TPSA) is 73.1 Å². The van der Waals surface area contributed by atoms with Gasteiger partial charge in [-0.3, -0.25) is 0 Å². The third-order valence-electron chi connectivity index (χ3n) is 3.22. The molecule has 0 atom stereocenters. The average molecular weight is 286 g/mol. The summed E-state index contributed by atoms with van der Waals surface area (Å²) in [6, 6.07) is 8.11. The van der Waals surface area contributed by atoms with Gasteiger partial charge in [0.15, 0.2) is 0 Å². The van der Waals surface area contributed by atoms with Gasteiger partial charge in [0.1, 0.15) is 17.9 Å². The summed E-state index contributed by atoms with van der Waals surface area (Å²) >= 11 is 0. The van der Waals surface area contributed by atoms with E-state index >= 15 is 0 Å². The molecule has 0 aliphatic carbocycles. The number of aryl methyl sites for hydroxylation is 1. The maximum atomic E-state index is 5.89. The summed E-state index contributed by atoms with van der Waals surface area (Å²) in [5, 5.41) is 0. The van der Waals surface area contributed by atoms with Crippen LogP contribution in [0.4, 0.5) is 5.82 Å². The molecule has 0 aliphatic heterocycles. The van der Waals surface area contributed by atoms with Crippen LogP contribution in [-0.2, 0) is 12.8 Å². The van der Waals surface area contributed by atoms with Crippen molar-refractivity contribution in [1.82, 2.24) is 9.97 Å². The lowest BCUT2D eigenvalue weighted by molar-refractivity contribution is 0.454. The minimum absolute atomic E-state index is 0.558. The van der Waals surface area contributed by atoms with Gasteiger partial charge >= 0.3 is 0 Å². The molecule has 112 valence electrons. The van der Waals surface area contributed by atoms with Crippen molar-refractivity contribution in [3.8, 4) is 11.6 Å². The number of ether oxygens (including phenoxy) is 1. The summed E-state index contributed by atoms with van der Waals surface area (Å²) in [5.74, 6) is 7.45. The molecule has 0 saturated carbocycles. The Bertz CT molecular complexity index is 569. The Balaban J connectivity index is 2.22. The number of hydrogen-bond donors (Lipinski definition) is 2. The number of rotatable bonds is 7. The molecule has 0 saturated heterocycles. The molecule has 0 aliphatic rings. The molecule has 0 fully saturated rings. The lowest BCUT2D eigenvalue weighted by Gasteiger charge is -2.12. The Morgan fingerprint density at radius 1 is 1.05 bits per heavy atom. The van der Waals surface area contributed by atoms with E-state index in [2.05, 4.69) is 41.4 Å². The summed E-state index contributed by atoms with van der Waals surface area (Å²) in [5.41, 5.74) is 4.81. The maximum Gasteiger partial charge on any atom is 0.227 e. The molecule has 2 rings (SSSR count). The molecule has 3 N–H and O–H groups in total. The summed E-state index contributed by atoms with van der Waals surface area (Å²) in [7, 11) is 0. The second-order valence-electron chi connectivity index (χ2n) is 4.90. The zero-order valence-corrected chi connectivity index (χ0v) is 12.6. The minimum atomic E-state index is 0.558. The van der Waals surface area contributed by atoms with Gasteiger partial charge in [-0.1, -0.05) is 38.8 Å². The molecule has 5 heteroatoms. The Morgan fingerprint density at radius 3 is 2.38 bits per heavy atom. The van der Waals surface area contributed by atoms with Gasteiger partial charge in [0.2, 0.25) is 5.88 Å². The molecule has 0 bridgehead atoms. The van der Waals surface area contributed by atoms with E-state index in [4.69, 9.17) is 10.6 Å². The number of hydrazine groups is 1. The van der Waals surface area contributed by atoms with Crippen molar-refractivity contribution in [2.75, 3.05) is 5.43 Å². The summed E-state index contributed by atoms with van der Waals surface area (Å²) < 4.78 is 5.89. The Morgan fingerprint density at radius 2 is 1.76 bits per heavy atom. The molecule has 1 aromatic carbocycles. The highest BCUT2D eigenvalue weighted by Crippen LogP contribution is 2.28. The van der Waals surface area contributed by atoms with Crippen LogP contribution in [0.3, 0.4) is 0 Å². The first-order valence-corrected chi connectivity index (χ1v) is 7.35. The predicted molar refractivity (Wildman–Crippen MR) is 84.3 cm³/mol. The molecule has 1 aromatic heterocycles. The van der Waals surface area contributed by atoms with Crippen molar-refractivity contribution in [3.05, 3.63) is 41.7 Å². The molecule has 21 heavy (non-hydrogen) atoms. The fourth-order valence-electron chi connectivity index (χ4n) is 2.21.